The van der Waals surface area contributed by atoms with E-state index in [4.69, 9.17) is 11.6 Å². The largest absolute Gasteiger partial charge is 0.387 e. The number of halogens is 1. The molecular weight excluding hydrogens is 300 g/mol. The lowest BCUT2D eigenvalue weighted by atomic mass is 10.1. The molecule has 0 heterocycles. The van der Waals surface area contributed by atoms with Crippen LogP contribution >= 0.6 is 11.6 Å². The fourth-order valence-electron chi connectivity index (χ4n) is 2.16. The molecule has 0 aromatic heterocycles. The van der Waals surface area contributed by atoms with Crippen molar-refractivity contribution in [3.63, 3.8) is 0 Å². The van der Waals surface area contributed by atoms with E-state index in [1.807, 2.05) is 32.0 Å². The van der Waals surface area contributed by atoms with Gasteiger partial charge in [0.25, 0.3) is 0 Å². The maximum absolute atomic E-state index is 12.0. The third-order valence-electron chi connectivity index (χ3n) is 3.43. The minimum Gasteiger partial charge on any atom is -0.387 e. The van der Waals surface area contributed by atoms with Crippen LogP contribution in [0.5, 0.6) is 0 Å². The molecule has 2 aromatic carbocycles. The standard InChI is InChI=1S/C17H19ClN2O2/c1-11-4-3-5-12(2)16(11)20-17(22)19-10-15(21)13-6-8-14(18)9-7-13/h3-9,15,21H,10H2,1-2H3,(H2,19,20,22). The Labute approximate surface area is 135 Å². The van der Waals surface area contributed by atoms with Gasteiger partial charge in [-0.3, -0.25) is 0 Å². The number of aliphatic hydroxyl groups excluding tert-OH is 1. The van der Waals surface area contributed by atoms with Crippen LogP contribution in [0.15, 0.2) is 42.5 Å². The van der Waals surface area contributed by atoms with Gasteiger partial charge in [0.2, 0.25) is 0 Å². The number of anilines is 1. The SMILES string of the molecule is Cc1cccc(C)c1NC(=O)NCC(O)c1ccc(Cl)cc1. The number of para-hydroxylation sites is 1. The van der Waals surface area contributed by atoms with Gasteiger partial charge in [0.1, 0.15) is 0 Å². The number of benzene rings is 2. The molecule has 0 saturated heterocycles. The van der Waals surface area contributed by atoms with Crippen LogP contribution in [0.25, 0.3) is 0 Å². The number of hydrogen-bond donors (Lipinski definition) is 3. The van der Waals surface area contributed by atoms with Gasteiger partial charge in [0.15, 0.2) is 0 Å². The van der Waals surface area contributed by atoms with Crippen LogP contribution in [-0.2, 0) is 0 Å². The van der Waals surface area contributed by atoms with Gasteiger partial charge in [0.05, 0.1) is 6.10 Å². The molecule has 0 radical (unpaired) electrons. The summed E-state index contributed by atoms with van der Waals surface area (Å²) < 4.78 is 0. The minimum atomic E-state index is -0.777. The summed E-state index contributed by atoms with van der Waals surface area (Å²) in [6.07, 6.45) is -0.777. The van der Waals surface area contributed by atoms with Crippen LogP contribution in [0.4, 0.5) is 10.5 Å². The topological polar surface area (TPSA) is 61.4 Å². The molecule has 0 aliphatic rings. The zero-order chi connectivity index (χ0) is 16.1. The normalized spacial score (nSPS) is 11.8. The summed E-state index contributed by atoms with van der Waals surface area (Å²) >= 11 is 5.80. The van der Waals surface area contributed by atoms with Crippen molar-refractivity contribution in [1.29, 1.82) is 0 Å². The summed E-state index contributed by atoms with van der Waals surface area (Å²) in [6, 6.07) is 12.4. The first-order chi connectivity index (χ1) is 10.5. The molecular formula is C17H19ClN2O2. The Bertz CT molecular complexity index is 636. The van der Waals surface area contributed by atoms with Gasteiger partial charge in [-0.2, -0.15) is 0 Å². The molecule has 2 amide bonds. The predicted molar refractivity (Wildman–Crippen MR) is 89.3 cm³/mol. The summed E-state index contributed by atoms with van der Waals surface area (Å²) in [5.74, 6) is 0. The van der Waals surface area contributed by atoms with Gasteiger partial charge < -0.3 is 15.7 Å². The Morgan fingerprint density at radius 2 is 1.73 bits per heavy atom. The molecule has 0 aliphatic carbocycles. The maximum atomic E-state index is 12.0. The third kappa shape index (κ3) is 4.23. The Balaban J connectivity index is 1.91. The second-order valence-electron chi connectivity index (χ2n) is 5.17. The van der Waals surface area contributed by atoms with E-state index >= 15 is 0 Å². The van der Waals surface area contributed by atoms with Gasteiger partial charge >= 0.3 is 6.03 Å². The van der Waals surface area contributed by atoms with Gasteiger partial charge in [0, 0.05) is 17.3 Å². The van der Waals surface area contributed by atoms with Crippen LogP contribution in [0.3, 0.4) is 0 Å². The monoisotopic (exact) mass is 318 g/mol. The zero-order valence-electron chi connectivity index (χ0n) is 12.6. The van der Waals surface area contributed by atoms with Gasteiger partial charge in [-0.05, 0) is 42.7 Å². The molecule has 1 unspecified atom stereocenters. The highest BCUT2D eigenvalue weighted by atomic mass is 35.5. The molecule has 116 valence electrons. The van der Waals surface area contributed by atoms with E-state index in [9.17, 15) is 9.90 Å². The molecule has 0 bridgehead atoms. The third-order valence-corrected chi connectivity index (χ3v) is 3.68. The fourth-order valence-corrected chi connectivity index (χ4v) is 2.29. The molecule has 2 aromatic rings. The number of urea groups is 1. The van der Waals surface area contributed by atoms with Crippen molar-refractivity contribution < 1.29 is 9.90 Å². The average molecular weight is 319 g/mol. The fraction of sp³-hybridized carbons (Fsp3) is 0.235. The molecule has 0 spiro atoms. The second-order valence-corrected chi connectivity index (χ2v) is 5.61. The van der Waals surface area contributed by atoms with Crippen molar-refractivity contribution in [2.24, 2.45) is 0 Å². The van der Waals surface area contributed by atoms with Gasteiger partial charge in [-0.15, -0.1) is 0 Å². The summed E-state index contributed by atoms with van der Waals surface area (Å²) in [5, 5.41) is 16.1. The van der Waals surface area contributed by atoms with Crippen LogP contribution in [0.1, 0.15) is 22.8 Å². The highest BCUT2D eigenvalue weighted by Crippen LogP contribution is 2.19. The molecule has 3 N–H and O–H groups in total. The summed E-state index contributed by atoms with van der Waals surface area (Å²) in [6.45, 7) is 3.99. The van der Waals surface area contributed by atoms with E-state index in [2.05, 4.69) is 10.6 Å². The first kappa shape index (κ1) is 16.3. The molecule has 0 aliphatic heterocycles. The quantitative estimate of drug-likeness (QED) is 0.802. The Morgan fingerprint density at radius 3 is 2.32 bits per heavy atom. The number of hydrogen-bond acceptors (Lipinski definition) is 2. The lowest BCUT2D eigenvalue weighted by Gasteiger charge is -2.15. The maximum Gasteiger partial charge on any atom is 0.319 e. The van der Waals surface area contributed by atoms with Gasteiger partial charge in [-0.1, -0.05) is 41.9 Å². The molecule has 2 rings (SSSR count). The molecule has 0 fully saturated rings. The minimum absolute atomic E-state index is 0.123. The molecule has 5 heteroatoms. The molecule has 22 heavy (non-hydrogen) atoms. The van der Waals surface area contributed by atoms with Crippen molar-refractivity contribution in [2.45, 2.75) is 20.0 Å². The number of rotatable bonds is 4. The Morgan fingerprint density at radius 1 is 1.14 bits per heavy atom. The zero-order valence-corrected chi connectivity index (χ0v) is 13.3. The van der Waals surface area contributed by atoms with Crippen LogP contribution < -0.4 is 10.6 Å². The van der Waals surface area contributed by atoms with E-state index < -0.39 is 6.10 Å². The molecule has 1 atom stereocenters. The second kappa shape index (κ2) is 7.29. The average Bonchev–Trinajstić information content (AvgIpc) is 2.49. The van der Waals surface area contributed by atoms with Crippen molar-refractivity contribution in [1.82, 2.24) is 5.32 Å². The Hall–Kier alpha value is -2.04. The van der Waals surface area contributed by atoms with Crippen molar-refractivity contribution >= 4 is 23.3 Å². The van der Waals surface area contributed by atoms with Crippen LogP contribution in [-0.4, -0.2) is 17.7 Å². The Kier molecular flexibility index (Phi) is 5.41. The lowest BCUT2D eigenvalue weighted by Crippen LogP contribution is -2.32. The van der Waals surface area contributed by atoms with E-state index in [0.29, 0.717) is 10.6 Å². The van der Waals surface area contributed by atoms with Crippen molar-refractivity contribution in [3.8, 4) is 0 Å². The first-order valence-electron chi connectivity index (χ1n) is 7.02. The number of aryl methyl sites for hydroxylation is 2. The van der Waals surface area contributed by atoms with E-state index in [-0.39, 0.29) is 12.6 Å². The summed E-state index contributed by atoms with van der Waals surface area (Å²) in [4.78, 5) is 12.0. The number of aliphatic hydroxyl groups is 1. The molecule has 4 nitrogen and oxygen atoms in total. The highest BCUT2D eigenvalue weighted by molar-refractivity contribution is 6.30. The number of amides is 2. The number of carbonyl (C=O) groups excluding carboxylic acids is 1. The van der Waals surface area contributed by atoms with Crippen LogP contribution in [0.2, 0.25) is 5.02 Å². The smallest absolute Gasteiger partial charge is 0.319 e. The number of nitrogens with one attached hydrogen (secondary N) is 2. The summed E-state index contributed by atoms with van der Waals surface area (Å²) in [5.41, 5.74) is 3.49. The lowest BCUT2D eigenvalue weighted by molar-refractivity contribution is 0.175. The number of carbonyl (C=O) groups is 1. The van der Waals surface area contributed by atoms with Crippen molar-refractivity contribution in [2.75, 3.05) is 11.9 Å². The van der Waals surface area contributed by atoms with E-state index in [1.165, 1.54) is 0 Å². The molecule has 0 saturated carbocycles. The highest BCUT2D eigenvalue weighted by Gasteiger charge is 2.11. The van der Waals surface area contributed by atoms with Crippen molar-refractivity contribution in [3.05, 3.63) is 64.2 Å². The van der Waals surface area contributed by atoms with E-state index in [0.717, 1.165) is 16.8 Å². The van der Waals surface area contributed by atoms with Crippen LogP contribution in [0, 0.1) is 13.8 Å². The summed E-state index contributed by atoms with van der Waals surface area (Å²) in [7, 11) is 0. The van der Waals surface area contributed by atoms with Gasteiger partial charge in [-0.25, -0.2) is 4.79 Å². The first-order valence-corrected chi connectivity index (χ1v) is 7.40. The van der Waals surface area contributed by atoms with E-state index in [1.54, 1.807) is 24.3 Å². The predicted octanol–water partition coefficient (Wildman–Crippen LogP) is 3.81.